The van der Waals surface area contributed by atoms with E-state index >= 15 is 0 Å². The molecule has 0 N–H and O–H groups in total. The molecule has 0 saturated carbocycles. The highest BCUT2D eigenvalue weighted by atomic mass is 35.5. The molecule has 3 aromatic rings. The molecule has 0 aliphatic carbocycles. The number of thioether (sulfide) groups is 1. The van der Waals surface area contributed by atoms with E-state index in [1.54, 1.807) is 23.9 Å². The molecular formula is C20H20ClN3O3S2. The third kappa shape index (κ3) is 4.35. The van der Waals surface area contributed by atoms with E-state index in [0.29, 0.717) is 29.8 Å². The summed E-state index contributed by atoms with van der Waals surface area (Å²) in [6, 6.07) is 14.2. The normalized spacial score (nSPS) is 18.1. The van der Waals surface area contributed by atoms with Crippen LogP contribution in [-0.4, -0.2) is 42.2 Å². The molecule has 4 rings (SSSR count). The topological polar surface area (TPSA) is 76.3 Å². The van der Waals surface area contributed by atoms with Crippen molar-refractivity contribution in [2.45, 2.75) is 28.6 Å². The Balaban J connectivity index is 1.52. The fourth-order valence-electron chi connectivity index (χ4n) is 3.38. The minimum atomic E-state index is -3.59. The lowest BCUT2D eigenvalue weighted by Crippen LogP contribution is -2.39. The maximum Gasteiger partial charge on any atom is 0.243 e. The number of rotatable bonds is 5. The fourth-order valence-corrected chi connectivity index (χ4v) is 5.43. The predicted octanol–water partition coefficient (Wildman–Crippen LogP) is 4.68. The molecule has 1 aromatic heterocycles. The number of aromatic nitrogens is 2. The Labute approximate surface area is 179 Å². The van der Waals surface area contributed by atoms with E-state index in [4.69, 9.17) is 16.1 Å². The first-order valence-electron chi connectivity index (χ1n) is 9.21. The molecule has 6 nitrogen and oxygen atoms in total. The molecule has 152 valence electrons. The summed E-state index contributed by atoms with van der Waals surface area (Å²) in [7, 11) is -3.59. The Morgan fingerprint density at radius 1 is 1.14 bits per heavy atom. The van der Waals surface area contributed by atoms with Gasteiger partial charge in [-0.2, -0.15) is 9.29 Å². The fraction of sp³-hybridized carbons (Fsp3) is 0.300. The molecular weight excluding hydrogens is 430 g/mol. The SMILES string of the molecule is CSc1ccc(-c2noc(C3CCCN(S(=O)(=O)c4ccc(Cl)cc4)C3)n2)cc1. The summed E-state index contributed by atoms with van der Waals surface area (Å²) < 4.78 is 32.9. The summed E-state index contributed by atoms with van der Waals surface area (Å²) in [5, 5.41) is 4.60. The number of hydrogen-bond acceptors (Lipinski definition) is 6. The maximum atomic E-state index is 13.0. The number of halogens is 1. The van der Waals surface area contributed by atoms with Gasteiger partial charge in [-0.3, -0.25) is 0 Å². The smallest absolute Gasteiger partial charge is 0.243 e. The second kappa shape index (κ2) is 8.47. The van der Waals surface area contributed by atoms with Crippen LogP contribution in [0.5, 0.6) is 0 Å². The van der Waals surface area contributed by atoms with Gasteiger partial charge in [0.1, 0.15) is 0 Å². The minimum Gasteiger partial charge on any atom is -0.339 e. The van der Waals surface area contributed by atoms with Crippen molar-refractivity contribution in [3.63, 3.8) is 0 Å². The molecule has 1 fully saturated rings. The number of sulfonamides is 1. The highest BCUT2D eigenvalue weighted by Crippen LogP contribution is 2.31. The van der Waals surface area contributed by atoms with Crippen LogP contribution in [0.3, 0.4) is 0 Å². The molecule has 29 heavy (non-hydrogen) atoms. The standard InChI is InChI=1S/C20H20ClN3O3S2/c1-28-17-8-4-14(5-9-17)19-22-20(27-23-19)15-3-2-12-24(13-15)29(25,26)18-10-6-16(21)7-11-18/h4-11,15H,2-3,12-13H2,1H3. The lowest BCUT2D eigenvalue weighted by molar-refractivity contribution is 0.265. The predicted molar refractivity (Wildman–Crippen MR) is 114 cm³/mol. The number of piperidine rings is 1. The van der Waals surface area contributed by atoms with Gasteiger partial charge in [0.2, 0.25) is 21.7 Å². The van der Waals surface area contributed by atoms with Crippen molar-refractivity contribution < 1.29 is 12.9 Å². The van der Waals surface area contributed by atoms with Gasteiger partial charge in [0, 0.05) is 28.6 Å². The van der Waals surface area contributed by atoms with Crippen molar-refractivity contribution >= 4 is 33.4 Å². The van der Waals surface area contributed by atoms with Gasteiger partial charge in [-0.15, -0.1) is 11.8 Å². The van der Waals surface area contributed by atoms with Crippen molar-refractivity contribution in [1.82, 2.24) is 14.4 Å². The number of hydrogen-bond donors (Lipinski definition) is 0. The highest BCUT2D eigenvalue weighted by Gasteiger charge is 2.33. The molecule has 2 heterocycles. The van der Waals surface area contributed by atoms with Gasteiger partial charge in [0.05, 0.1) is 10.8 Å². The zero-order valence-corrected chi connectivity index (χ0v) is 18.2. The molecule has 1 aliphatic heterocycles. The number of benzene rings is 2. The van der Waals surface area contributed by atoms with Crippen LogP contribution in [0.25, 0.3) is 11.4 Å². The Morgan fingerprint density at radius 2 is 1.86 bits per heavy atom. The van der Waals surface area contributed by atoms with E-state index in [1.807, 2.05) is 30.5 Å². The van der Waals surface area contributed by atoms with Gasteiger partial charge in [0.15, 0.2) is 0 Å². The van der Waals surface area contributed by atoms with Crippen LogP contribution >= 0.6 is 23.4 Å². The van der Waals surface area contributed by atoms with Gasteiger partial charge in [-0.05, 0) is 67.6 Å². The van der Waals surface area contributed by atoms with Gasteiger partial charge >= 0.3 is 0 Å². The summed E-state index contributed by atoms with van der Waals surface area (Å²) in [5.41, 5.74) is 0.874. The first-order valence-corrected chi connectivity index (χ1v) is 12.3. The van der Waals surface area contributed by atoms with Crippen LogP contribution in [-0.2, 0) is 10.0 Å². The van der Waals surface area contributed by atoms with Crippen LogP contribution in [0.1, 0.15) is 24.7 Å². The van der Waals surface area contributed by atoms with Gasteiger partial charge in [-0.25, -0.2) is 8.42 Å². The first kappa shape index (κ1) is 20.4. The maximum absolute atomic E-state index is 13.0. The highest BCUT2D eigenvalue weighted by molar-refractivity contribution is 7.98. The van der Waals surface area contributed by atoms with Gasteiger partial charge in [0.25, 0.3) is 0 Å². The molecule has 0 spiro atoms. The summed E-state index contributed by atoms with van der Waals surface area (Å²) in [5.74, 6) is 0.868. The molecule has 1 atom stereocenters. The summed E-state index contributed by atoms with van der Waals surface area (Å²) in [6.07, 6.45) is 3.56. The second-order valence-corrected chi connectivity index (χ2v) is 10.1. The molecule has 0 bridgehead atoms. The minimum absolute atomic E-state index is 0.127. The zero-order chi connectivity index (χ0) is 20.4. The largest absolute Gasteiger partial charge is 0.339 e. The van der Waals surface area contributed by atoms with Gasteiger partial charge in [-0.1, -0.05) is 16.8 Å². The summed E-state index contributed by atoms with van der Waals surface area (Å²) in [6.45, 7) is 0.788. The monoisotopic (exact) mass is 449 g/mol. The van der Waals surface area contributed by atoms with Gasteiger partial charge < -0.3 is 4.52 Å². The van der Waals surface area contributed by atoms with Crippen LogP contribution in [0.15, 0.2) is 62.8 Å². The average molecular weight is 450 g/mol. The van der Waals surface area contributed by atoms with E-state index in [1.165, 1.54) is 16.4 Å². The van der Waals surface area contributed by atoms with Crippen molar-refractivity contribution in [1.29, 1.82) is 0 Å². The van der Waals surface area contributed by atoms with Crippen LogP contribution in [0, 0.1) is 0 Å². The third-order valence-corrected chi connectivity index (χ3v) is 7.85. The average Bonchev–Trinajstić information content (AvgIpc) is 3.24. The molecule has 1 saturated heterocycles. The van der Waals surface area contributed by atoms with E-state index in [9.17, 15) is 8.42 Å². The molecule has 2 aromatic carbocycles. The Kier molecular flexibility index (Phi) is 5.96. The van der Waals surface area contributed by atoms with Crippen LogP contribution < -0.4 is 0 Å². The van der Waals surface area contributed by atoms with Crippen molar-refractivity contribution in [2.24, 2.45) is 0 Å². The Morgan fingerprint density at radius 3 is 2.55 bits per heavy atom. The quantitative estimate of drug-likeness (QED) is 0.526. The van der Waals surface area contributed by atoms with Crippen molar-refractivity contribution in [3.8, 4) is 11.4 Å². The van der Waals surface area contributed by atoms with Crippen LogP contribution in [0.2, 0.25) is 5.02 Å². The van der Waals surface area contributed by atoms with Crippen molar-refractivity contribution in [2.75, 3.05) is 19.3 Å². The van der Waals surface area contributed by atoms with E-state index in [2.05, 4.69) is 10.1 Å². The lowest BCUT2D eigenvalue weighted by atomic mass is 10.00. The molecule has 1 unspecified atom stereocenters. The van der Waals surface area contributed by atoms with Crippen molar-refractivity contribution in [3.05, 3.63) is 59.4 Å². The second-order valence-electron chi connectivity index (χ2n) is 6.84. The van der Waals surface area contributed by atoms with Crippen LogP contribution in [0.4, 0.5) is 0 Å². The molecule has 1 aliphatic rings. The molecule has 0 radical (unpaired) electrons. The lowest BCUT2D eigenvalue weighted by Gasteiger charge is -2.30. The van der Waals surface area contributed by atoms with E-state index in [-0.39, 0.29) is 10.8 Å². The summed E-state index contributed by atoms with van der Waals surface area (Å²) >= 11 is 7.55. The van der Waals surface area contributed by atoms with E-state index in [0.717, 1.165) is 23.3 Å². The third-order valence-electron chi connectivity index (χ3n) is 4.97. The summed E-state index contributed by atoms with van der Waals surface area (Å²) in [4.78, 5) is 5.94. The molecule has 0 amide bonds. The number of nitrogens with zero attached hydrogens (tertiary/aromatic N) is 3. The first-order chi connectivity index (χ1) is 14.0. The van der Waals surface area contributed by atoms with E-state index < -0.39 is 10.0 Å². The zero-order valence-electron chi connectivity index (χ0n) is 15.8. The molecule has 9 heteroatoms. The Hall–Kier alpha value is -1.87. The Bertz CT molecular complexity index is 1080.